The van der Waals surface area contributed by atoms with E-state index in [1.807, 2.05) is 0 Å². The zero-order valence-electron chi connectivity index (χ0n) is 26.0. The highest BCUT2D eigenvalue weighted by molar-refractivity contribution is 5.89. The van der Waals surface area contributed by atoms with Crippen LogP contribution < -0.4 is 15.2 Å². The van der Waals surface area contributed by atoms with Gasteiger partial charge in [0.25, 0.3) is 0 Å². The number of aromatic hydroxyl groups is 1. The molecule has 5 rings (SSSR count). The van der Waals surface area contributed by atoms with Crippen LogP contribution in [0, 0.1) is 0 Å². The Morgan fingerprint density at radius 3 is 2.24 bits per heavy atom. The van der Waals surface area contributed by atoms with Gasteiger partial charge >= 0.3 is 17.9 Å². The molecular formula is C30H34N2O19. The number of fused-ring (bicyclic) bond motifs is 1. The van der Waals surface area contributed by atoms with E-state index in [1.54, 1.807) is 0 Å². The molecule has 0 aliphatic carbocycles. The lowest BCUT2D eigenvalue weighted by Gasteiger charge is -2.45. The van der Waals surface area contributed by atoms with E-state index in [9.17, 15) is 75.3 Å². The molecule has 0 amide bonds. The number of ether oxygens (including phenoxy) is 4. The van der Waals surface area contributed by atoms with Gasteiger partial charge in [-0.3, -0.25) is 0 Å². The van der Waals surface area contributed by atoms with Crippen molar-refractivity contribution in [3.63, 3.8) is 0 Å². The number of carboxylic acids is 4. The first-order chi connectivity index (χ1) is 24.0. The van der Waals surface area contributed by atoms with E-state index in [4.69, 9.17) is 18.9 Å². The Balaban J connectivity index is 1.46. The molecule has 21 heteroatoms. The number of carbonyl (C=O) groups excluding carboxylic acids is 1. The third-order valence-electron chi connectivity index (χ3n) is 8.71. The standard InChI is InChI=1S/C30H34N2O19/c33-8-17-18(35)20(37)24(51-29-22(39)19(36)21(38)23(50-29)28(46)47)30(49-17)48-16-6-10-5-14(27(44)45)32(13(10)7-15(16)34)2-1-9-3-11(25(40)41)31-12(4-9)26(42)43/h1-3,6-7,12,14,17-24,29-30,33,35-39H,4-5,8H2,(H5,34,40,41,42,43,44,45,46,47)/t12?,14-,17+,18?,19-,20-,21?,22?,23-,24?,29-,30+/m0/s1. The zero-order chi connectivity index (χ0) is 37.5. The Kier molecular flexibility index (Phi) is 10.9. The number of benzene rings is 1. The number of hydrogen-bond donors (Lipinski definition) is 11. The maximum atomic E-state index is 12.1. The summed E-state index contributed by atoms with van der Waals surface area (Å²) in [7, 11) is 0. The fourth-order valence-corrected chi connectivity index (χ4v) is 6.02. The Bertz CT molecular complexity index is 1660. The highest BCUT2D eigenvalue weighted by atomic mass is 16.8. The molecule has 278 valence electrons. The van der Waals surface area contributed by atoms with E-state index in [0.29, 0.717) is 0 Å². The highest BCUT2D eigenvalue weighted by Gasteiger charge is 2.53. The molecule has 4 aliphatic rings. The minimum Gasteiger partial charge on any atom is -0.543 e. The SMILES string of the molecule is O=C(O)C1=C/C(=C/C=[N+]2c3cc(O)c(O[C@@H]4O[C@H](CO)C(O)[C@H](O)C4O[C@@H]4O[C@H](C(=O)O)C(O)[C@H](O)C4O)cc3C[C@H]2C(=O)[O-])CC(C(=O)O)N1. The monoisotopic (exact) mass is 726 g/mol. The van der Waals surface area contributed by atoms with Gasteiger partial charge in [0.05, 0.1) is 12.7 Å². The van der Waals surface area contributed by atoms with Crippen LogP contribution in [0.25, 0.3) is 0 Å². The summed E-state index contributed by atoms with van der Waals surface area (Å²) in [6.07, 6.45) is -16.2. The second-order valence-electron chi connectivity index (χ2n) is 12.0. The molecule has 51 heavy (non-hydrogen) atoms. The second kappa shape index (κ2) is 14.9. The van der Waals surface area contributed by atoms with Crippen molar-refractivity contribution in [2.75, 3.05) is 6.61 Å². The normalized spacial score (nSPS) is 36.5. The Labute approximate surface area is 285 Å². The number of carbonyl (C=O) groups is 4. The predicted molar refractivity (Wildman–Crippen MR) is 157 cm³/mol. The van der Waals surface area contributed by atoms with Crippen molar-refractivity contribution < 1.29 is 98.9 Å². The molecule has 0 aromatic heterocycles. The lowest BCUT2D eigenvalue weighted by Crippen LogP contribution is -2.65. The van der Waals surface area contributed by atoms with Gasteiger partial charge in [-0.05, 0) is 17.7 Å². The van der Waals surface area contributed by atoms with E-state index in [-0.39, 0.29) is 29.7 Å². The molecule has 2 saturated heterocycles. The first-order valence-corrected chi connectivity index (χ1v) is 15.2. The number of aliphatic hydroxyl groups excluding tert-OH is 6. The minimum atomic E-state index is -2.10. The van der Waals surface area contributed by atoms with Crippen LogP contribution in [0.1, 0.15) is 12.0 Å². The van der Waals surface area contributed by atoms with Gasteiger partial charge in [0, 0.05) is 24.5 Å². The van der Waals surface area contributed by atoms with Gasteiger partial charge in [0.1, 0.15) is 54.3 Å². The van der Waals surface area contributed by atoms with Crippen LogP contribution in [-0.4, -0.2) is 166 Å². The van der Waals surface area contributed by atoms with Gasteiger partial charge < -0.3 is 85.2 Å². The molecule has 2 fully saturated rings. The summed E-state index contributed by atoms with van der Waals surface area (Å²) in [6, 6.07) is -0.387. The summed E-state index contributed by atoms with van der Waals surface area (Å²) in [5, 5.41) is 115. The van der Waals surface area contributed by atoms with Gasteiger partial charge in [-0.2, -0.15) is 4.58 Å². The summed E-state index contributed by atoms with van der Waals surface area (Å²) in [4.78, 5) is 46.7. The largest absolute Gasteiger partial charge is 0.543 e. The quantitative estimate of drug-likeness (QED) is 0.100. The first kappa shape index (κ1) is 37.5. The highest BCUT2D eigenvalue weighted by Crippen LogP contribution is 2.41. The Morgan fingerprint density at radius 1 is 0.922 bits per heavy atom. The lowest BCUT2D eigenvalue weighted by molar-refractivity contribution is -0.475. The Hall–Kier alpha value is -4.71. The van der Waals surface area contributed by atoms with Crippen molar-refractivity contribution in [2.45, 2.75) is 86.3 Å². The number of nitrogens with zero attached hydrogens (tertiary/aromatic N) is 1. The van der Waals surface area contributed by atoms with Gasteiger partial charge in [-0.1, -0.05) is 0 Å². The number of phenols is 1. The topological polar surface area (TPSA) is 346 Å². The maximum Gasteiger partial charge on any atom is 0.351 e. The fourth-order valence-electron chi connectivity index (χ4n) is 6.02. The van der Waals surface area contributed by atoms with Gasteiger partial charge in [-0.25, -0.2) is 14.4 Å². The molecular weight excluding hydrogens is 692 g/mol. The molecule has 0 saturated carbocycles. The molecule has 4 heterocycles. The van der Waals surface area contributed by atoms with Crippen molar-refractivity contribution in [3.05, 3.63) is 41.1 Å². The van der Waals surface area contributed by atoms with E-state index in [2.05, 4.69) is 5.32 Å². The molecule has 0 radical (unpaired) electrons. The van der Waals surface area contributed by atoms with Crippen molar-refractivity contribution >= 4 is 35.8 Å². The van der Waals surface area contributed by atoms with Crippen LogP contribution in [0.4, 0.5) is 5.69 Å². The average Bonchev–Trinajstić information content (AvgIpc) is 3.43. The van der Waals surface area contributed by atoms with Crippen molar-refractivity contribution in [3.8, 4) is 11.5 Å². The number of aliphatic hydroxyl groups is 6. The van der Waals surface area contributed by atoms with E-state index in [0.717, 1.165) is 6.07 Å². The van der Waals surface area contributed by atoms with Crippen LogP contribution >= 0.6 is 0 Å². The van der Waals surface area contributed by atoms with E-state index >= 15 is 0 Å². The maximum absolute atomic E-state index is 12.1. The molecule has 1 aromatic carbocycles. The van der Waals surface area contributed by atoms with E-state index in [1.165, 1.54) is 29.0 Å². The van der Waals surface area contributed by atoms with Gasteiger partial charge in [0.15, 0.2) is 36.2 Å². The zero-order valence-corrected chi connectivity index (χ0v) is 26.0. The lowest BCUT2D eigenvalue weighted by atomic mass is 9.97. The van der Waals surface area contributed by atoms with Crippen molar-refractivity contribution in [1.82, 2.24) is 5.32 Å². The van der Waals surface area contributed by atoms with Crippen molar-refractivity contribution in [2.24, 2.45) is 0 Å². The number of hydrogen-bond acceptors (Lipinski definition) is 17. The molecule has 12 atom stereocenters. The van der Waals surface area contributed by atoms with Crippen molar-refractivity contribution in [1.29, 1.82) is 0 Å². The van der Waals surface area contributed by atoms with Gasteiger partial charge in [0.2, 0.25) is 18.0 Å². The average molecular weight is 727 g/mol. The number of aliphatic carboxylic acids is 4. The smallest absolute Gasteiger partial charge is 0.351 e. The molecule has 21 nitrogen and oxygen atoms in total. The molecule has 4 aliphatic heterocycles. The van der Waals surface area contributed by atoms with Crippen LogP contribution in [0.5, 0.6) is 11.5 Å². The van der Waals surface area contributed by atoms with Crippen LogP contribution in [0.3, 0.4) is 0 Å². The third-order valence-corrected chi connectivity index (χ3v) is 8.71. The molecule has 0 bridgehead atoms. The number of nitrogens with one attached hydrogen (secondary N) is 1. The number of rotatable bonds is 10. The summed E-state index contributed by atoms with van der Waals surface area (Å²) in [6.45, 7) is -0.866. The van der Waals surface area contributed by atoms with E-state index < -0.39 is 121 Å². The molecule has 5 unspecified atom stereocenters. The minimum absolute atomic E-state index is 0.115. The number of phenolic OH excluding ortho intramolecular Hbond substituents is 1. The first-order valence-electron chi connectivity index (χ1n) is 15.2. The summed E-state index contributed by atoms with van der Waals surface area (Å²) >= 11 is 0. The molecule has 11 N–H and O–H groups in total. The number of allylic oxidation sites excluding steroid dienone is 2. The predicted octanol–water partition coefficient (Wildman–Crippen LogP) is -5.78. The molecule has 0 spiro atoms. The summed E-state index contributed by atoms with van der Waals surface area (Å²) in [5.74, 6) is -7.10. The fraction of sp³-hybridized carbons (Fsp3) is 0.500. The van der Waals surface area contributed by atoms with Crippen LogP contribution in [-0.2, 0) is 39.8 Å². The Morgan fingerprint density at radius 2 is 1.63 bits per heavy atom. The van der Waals surface area contributed by atoms with Gasteiger partial charge in [-0.15, -0.1) is 0 Å². The van der Waals surface area contributed by atoms with Crippen LogP contribution in [0.2, 0.25) is 0 Å². The molecule has 1 aromatic rings. The number of carboxylic acid groups (broad SMARTS) is 4. The third kappa shape index (κ3) is 7.51. The van der Waals surface area contributed by atoms with Crippen LogP contribution in [0.15, 0.2) is 35.6 Å². The second-order valence-corrected chi connectivity index (χ2v) is 12.0. The summed E-state index contributed by atoms with van der Waals surface area (Å²) in [5.41, 5.74) is 0.169. The summed E-state index contributed by atoms with van der Waals surface area (Å²) < 4.78 is 23.1.